The monoisotopic (exact) mass is 281 g/mol. The van der Waals surface area contributed by atoms with Crippen LogP contribution < -0.4 is 10.2 Å². The highest BCUT2D eigenvalue weighted by Crippen LogP contribution is 2.34. The molecular weight excluding hydrogens is 258 g/mol. The van der Waals surface area contributed by atoms with E-state index in [0.29, 0.717) is 11.5 Å². The predicted molar refractivity (Wildman–Crippen MR) is 78.3 cm³/mol. The van der Waals surface area contributed by atoms with Crippen LogP contribution in [0.4, 0.5) is 11.5 Å². The van der Waals surface area contributed by atoms with Crippen LogP contribution in [0, 0.1) is 17.0 Å². The number of hydrogen-bond acceptors (Lipinski definition) is 5. The van der Waals surface area contributed by atoms with Gasteiger partial charge in [-0.1, -0.05) is 0 Å². The van der Waals surface area contributed by atoms with Crippen molar-refractivity contribution in [3.8, 4) is 0 Å². The second-order valence-corrected chi connectivity index (χ2v) is 5.66. The van der Waals surface area contributed by atoms with E-state index in [1.54, 1.807) is 11.6 Å². The van der Waals surface area contributed by atoms with E-state index in [-0.39, 0.29) is 22.7 Å². The van der Waals surface area contributed by atoms with Crippen LogP contribution in [0.5, 0.6) is 0 Å². The second-order valence-electron chi connectivity index (χ2n) is 5.66. The topological polar surface area (TPSA) is 76.2 Å². The molecule has 20 heavy (non-hydrogen) atoms. The van der Waals surface area contributed by atoms with Gasteiger partial charge in [0.05, 0.1) is 4.92 Å². The molecule has 0 spiro atoms. The Morgan fingerprint density at radius 2 is 2.25 bits per heavy atom. The van der Waals surface area contributed by atoms with Crippen molar-refractivity contribution in [3.05, 3.63) is 15.8 Å². The van der Waals surface area contributed by atoms with E-state index < -0.39 is 0 Å². The third-order valence-corrected chi connectivity index (χ3v) is 3.85. The Hall–Kier alpha value is -1.63. The minimum Gasteiger partial charge on any atom is -0.350 e. The standard InChI is InChI=1S/C13H23N5O2/c1-9(2)17-13(12(18(19)20)10(3)15-17)16(4)11-6-5-7-14-8-11/h9,11,14H,5-8H2,1-4H3. The molecule has 112 valence electrons. The number of nitro groups is 1. The van der Waals surface area contributed by atoms with Gasteiger partial charge in [0, 0.05) is 25.7 Å². The van der Waals surface area contributed by atoms with Crippen molar-refractivity contribution in [2.45, 2.75) is 45.7 Å². The van der Waals surface area contributed by atoms with E-state index >= 15 is 0 Å². The van der Waals surface area contributed by atoms with Gasteiger partial charge < -0.3 is 10.2 Å². The van der Waals surface area contributed by atoms with E-state index in [0.717, 1.165) is 25.9 Å². The molecule has 2 heterocycles. The summed E-state index contributed by atoms with van der Waals surface area (Å²) < 4.78 is 1.77. The normalized spacial score (nSPS) is 19.4. The van der Waals surface area contributed by atoms with Crippen molar-refractivity contribution >= 4 is 11.5 Å². The quantitative estimate of drug-likeness (QED) is 0.673. The number of nitrogens with one attached hydrogen (secondary N) is 1. The van der Waals surface area contributed by atoms with Gasteiger partial charge in [-0.2, -0.15) is 5.10 Å². The summed E-state index contributed by atoms with van der Waals surface area (Å²) in [5, 5.41) is 19.1. The summed E-state index contributed by atoms with van der Waals surface area (Å²) in [6, 6.07) is 0.368. The lowest BCUT2D eigenvalue weighted by molar-refractivity contribution is -0.384. The molecule has 1 saturated heterocycles. The molecular formula is C13H23N5O2. The van der Waals surface area contributed by atoms with Crippen LogP contribution >= 0.6 is 0 Å². The van der Waals surface area contributed by atoms with E-state index in [2.05, 4.69) is 10.4 Å². The van der Waals surface area contributed by atoms with Crippen LogP contribution in [-0.2, 0) is 0 Å². The molecule has 1 aromatic rings. The molecule has 7 nitrogen and oxygen atoms in total. The average molecular weight is 281 g/mol. The fraction of sp³-hybridized carbons (Fsp3) is 0.769. The van der Waals surface area contributed by atoms with Crippen molar-refractivity contribution in [3.63, 3.8) is 0 Å². The van der Waals surface area contributed by atoms with Gasteiger partial charge in [0.1, 0.15) is 5.69 Å². The Morgan fingerprint density at radius 3 is 2.75 bits per heavy atom. The predicted octanol–water partition coefficient (Wildman–Crippen LogP) is 1.87. The fourth-order valence-electron chi connectivity index (χ4n) is 2.77. The van der Waals surface area contributed by atoms with Gasteiger partial charge in [0.15, 0.2) is 0 Å². The molecule has 0 aliphatic carbocycles. The molecule has 1 aliphatic rings. The molecule has 1 atom stereocenters. The average Bonchev–Trinajstić information content (AvgIpc) is 2.76. The highest BCUT2D eigenvalue weighted by molar-refractivity contribution is 5.61. The Labute approximate surface area is 119 Å². The highest BCUT2D eigenvalue weighted by Gasteiger charge is 2.32. The zero-order valence-corrected chi connectivity index (χ0v) is 12.6. The number of rotatable bonds is 4. The number of aromatic nitrogens is 2. The molecule has 1 aliphatic heterocycles. The van der Waals surface area contributed by atoms with Crippen LogP contribution in [0.3, 0.4) is 0 Å². The molecule has 0 bridgehead atoms. The van der Waals surface area contributed by atoms with Crippen molar-refractivity contribution in [2.24, 2.45) is 0 Å². The first kappa shape index (κ1) is 14.8. The van der Waals surface area contributed by atoms with Crippen molar-refractivity contribution in [1.29, 1.82) is 0 Å². The number of nitrogens with zero attached hydrogens (tertiary/aromatic N) is 4. The minimum absolute atomic E-state index is 0.0939. The lowest BCUT2D eigenvalue weighted by Crippen LogP contribution is -2.45. The summed E-state index contributed by atoms with van der Waals surface area (Å²) in [4.78, 5) is 13.1. The maximum Gasteiger partial charge on any atom is 0.333 e. The summed E-state index contributed by atoms with van der Waals surface area (Å²) in [7, 11) is 1.93. The molecule has 0 radical (unpaired) electrons. The SMILES string of the molecule is Cc1nn(C(C)C)c(N(C)C2CCCNC2)c1[N+](=O)[O-]. The highest BCUT2D eigenvalue weighted by atomic mass is 16.6. The molecule has 1 aromatic heterocycles. The Kier molecular flexibility index (Phi) is 4.27. The largest absolute Gasteiger partial charge is 0.350 e. The van der Waals surface area contributed by atoms with E-state index in [4.69, 9.17) is 0 Å². The van der Waals surface area contributed by atoms with Crippen LogP contribution in [-0.4, -0.2) is 40.9 Å². The summed E-state index contributed by atoms with van der Waals surface area (Å²) >= 11 is 0. The third kappa shape index (κ3) is 2.63. The summed E-state index contributed by atoms with van der Waals surface area (Å²) in [5.41, 5.74) is 0.612. The van der Waals surface area contributed by atoms with E-state index in [1.807, 2.05) is 25.8 Å². The minimum atomic E-state index is -0.316. The maximum atomic E-state index is 11.4. The van der Waals surface area contributed by atoms with Crippen molar-refractivity contribution < 1.29 is 4.92 Å². The lowest BCUT2D eigenvalue weighted by atomic mass is 10.1. The van der Waals surface area contributed by atoms with Gasteiger partial charge in [-0.05, 0) is 40.2 Å². The number of anilines is 1. The molecule has 0 aromatic carbocycles. The molecule has 1 unspecified atom stereocenters. The molecule has 1 N–H and O–H groups in total. The molecule has 0 amide bonds. The Morgan fingerprint density at radius 1 is 1.55 bits per heavy atom. The first-order valence-electron chi connectivity index (χ1n) is 7.10. The van der Waals surface area contributed by atoms with Crippen LogP contribution in [0.2, 0.25) is 0 Å². The van der Waals surface area contributed by atoms with E-state index in [1.165, 1.54) is 0 Å². The van der Waals surface area contributed by atoms with Crippen LogP contribution in [0.1, 0.15) is 38.4 Å². The summed E-state index contributed by atoms with van der Waals surface area (Å²) in [6.07, 6.45) is 2.14. The fourth-order valence-corrected chi connectivity index (χ4v) is 2.77. The van der Waals surface area contributed by atoms with Gasteiger partial charge in [0.2, 0.25) is 5.82 Å². The summed E-state index contributed by atoms with van der Waals surface area (Å²) in [5.74, 6) is 0.621. The second kappa shape index (κ2) is 5.78. The lowest BCUT2D eigenvalue weighted by Gasteiger charge is -2.33. The first-order chi connectivity index (χ1) is 9.43. The van der Waals surface area contributed by atoms with Gasteiger partial charge in [-0.25, -0.2) is 4.68 Å². The van der Waals surface area contributed by atoms with Gasteiger partial charge in [0.25, 0.3) is 0 Å². The first-order valence-corrected chi connectivity index (χ1v) is 7.10. The Bertz CT molecular complexity index is 491. The third-order valence-electron chi connectivity index (χ3n) is 3.85. The zero-order chi connectivity index (χ0) is 14.9. The zero-order valence-electron chi connectivity index (χ0n) is 12.6. The molecule has 2 rings (SSSR count). The maximum absolute atomic E-state index is 11.4. The Balaban J connectivity index is 2.43. The van der Waals surface area contributed by atoms with Gasteiger partial charge in [-0.15, -0.1) is 0 Å². The number of likely N-dealkylation sites (N-methyl/N-ethyl adjacent to an activating group) is 1. The molecule has 7 heteroatoms. The van der Waals surface area contributed by atoms with E-state index in [9.17, 15) is 10.1 Å². The molecule has 1 fully saturated rings. The van der Waals surface area contributed by atoms with Crippen LogP contribution in [0.25, 0.3) is 0 Å². The van der Waals surface area contributed by atoms with Crippen LogP contribution in [0.15, 0.2) is 0 Å². The van der Waals surface area contributed by atoms with Crippen molar-refractivity contribution in [1.82, 2.24) is 15.1 Å². The van der Waals surface area contributed by atoms with Crippen molar-refractivity contribution in [2.75, 3.05) is 25.0 Å². The van der Waals surface area contributed by atoms with Gasteiger partial charge in [-0.3, -0.25) is 10.1 Å². The summed E-state index contributed by atoms with van der Waals surface area (Å²) in [6.45, 7) is 7.57. The number of aryl methyl sites for hydroxylation is 1. The smallest absolute Gasteiger partial charge is 0.333 e. The number of hydrogen-bond donors (Lipinski definition) is 1. The number of piperidine rings is 1. The molecule has 0 saturated carbocycles. The van der Waals surface area contributed by atoms with Gasteiger partial charge >= 0.3 is 5.69 Å².